The molecule has 0 bridgehead atoms. The summed E-state index contributed by atoms with van der Waals surface area (Å²) in [5, 5.41) is 58.9. The van der Waals surface area contributed by atoms with Crippen molar-refractivity contribution >= 4 is 45.5 Å². The molecule has 5 rings (SSSR count). The predicted molar refractivity (Wildman–Crippen MR) is 170 cm³/mol. The van der Waals surface area contributed by atoms with E-state index in [4.69, 9.17) is 21.1 Å². The number of nitrogens with zero attached hydrogens (tertiary/aromatic N) is 4. The summed E-state index contributed by atoms with van der Waals surface area (Å²) in [5.41, 5.74) is 1.89. The zero-order valence-electron chi connectivity index (χ0n) is 25.3. The molecular formula is C31H31ClF2N8O6. The van der Waals surface area contributed by atoms with E-state index in [-0.39, 0.29) is 35.1 Å². The van der Waals surface area contributed by atoms with Crippen molar-refractivity contribution in [3.63, 3.8) is 0 Å². The smallest absolute Gasteiger partial charge is 0.248 e. The molecule has 1 aliphatic heterocycles. The van der Waals surface area contributed by atoms with E-state index in [1.54, 1.807) is 19.1 Å². The van der Waals surface area contributed by atoms with Crippen molar-refractivity contribution in [1.29, 1.82) is 5.26 Å². The molecule has 7 N–H and O–H groups in total. The first-order chi connectivity index (χ1) is 23.1. The number of aliphatic hydroxyl groups is 3. The minimum Gasteiger partial charge on any atom is -0.492 e. The summed E-state index contributed by atoms with van der Waals surface area (Å²) in [7, 11) is 0. The van der Waals surface area contributed by atoms with Crippen molar-refractivity contribution < 1.29 is 38.4 Å². The zero-order chi connectivity index (χ0) is 34.4. The number of carbonyl (C=O) groups excluding carboxylic acids is 1. The Morgan fingerprint density at radius 3 is 2.77 bits per heavy atom. The lowest BCUT2D eigenvalue weighted by Gasteiger charge is -2.41. The van der Waals surface area contributed by atoms with Crippen molar-refractivity contribution in [2.24, 2.45) is 0 Å². The maximum atomic E-state index is 15.1. The average molecular weight is 685 g/mol. The molecule has 0 aliphatic carbocycles. The second-order valence-corrected chi connectivity index (χ2v) is 11.0. The van der Waals surface area contributed by atoms with Gasteiger partial charge in [0.1, 0.15) is 47.7 Å². The highest BCUT2D eigenvalue weighted by atomic mass is 35.5. The van der Waals surface area contributed by atoms with Crippen LogP contribution in [0.1, 0.15) is 24.2 Å². The number of carbonyl (C=O) groups is 1. The van der Waals surface area contributed by atoms with Gasteiger partial charge in [0.2, 0.25) is 5.91 Å². The van der Waals surface area contributed by atoms with Gasteiger partial charge in [-0.05, 0) is 31.2 Å². The third kappa shape index (κ3) is 7.52. The molecule has 0 radical (unpaired) electrons. The molecule has 1 fully saturated rings. The Labute approximate surface area is 277 Å². The number of alkyl halides is 1. The number of benzene rings is 2. The van der Waals surface area contributed by atoms with E-state index in [9.17, 15) is 29.8 Å². The largest absolute Gasteiger partial charge is 0.492 e. The molecule has 0 spiro atoms. The Balaban J connectivity index is 1.35. The van der Waals surface area contributed by atoms with Gasteiger partial charge in [0.05, 0.1) is 52.9 Å². The first-order valence-electron chi connectivity index (χ1n) is 14.7. The standard InChI is InChI=1S/C31H31ClF2N8O6/c1-2-47-23-10-20-17(27(15(11-35)12-37-20)39-16-5-6-19(33)18(32)8-16)9-21(23)40-25(44)4-3-7-36-28(22-13-38-42-41-22)31-26(34)30(46)29(45)24(14-43)48-31/h3-6,8-10,12-13,24,26,28-31,36,43,45-46H,2,7,14H2,1H3,(H,37,39)(H,40,44)(H,38,41,42). The van der Waals surface area contributed by atoms with Crippen LogP contribution >= 0.6 is 11.6 Å². The Bertz CT molecular complexity index is 1820. The Morgan fingerprint density at radius 1 is 1.27 bits per heavy atom. The molecule has 2 aromatic heterocycles. The fourth-order valence-corrected chi connectivity index (χ4v) is 5.37. The minimum absolute atomic E-state index is 0.000246. The first kappa shape index (κ1) is 34.6. The van der Waals surface area contributed by atoms with E-state index in [1.807, 2.05) is 0 Å². The van der Waals surface area contributed by atoms with Crippen LogP contribution in [-0.4, -0.2) is 92.0 Å². The molecule has 6 unspecified atom stereocenters. The molecule has 1 saturated heterocycles. The SMILES string of the molecule is CCOc1cc2ncc(C#N)c(Nc3ccc(F)c(Cl)c3)c2cc1NC(=O)C=CCNC(c1cn[nH]n1)C1OC(CO)C(O)C(O)C1F. The van der Waals surface area contributed by atoms with E-state index in [1.165, 1.54) is 42.7 Å². The number of rotatable bonds is 12. The number of hydrogen-bond acceptors (Lipinski definition) is 12. The number of pyridine rings is 1. The molecule has 1 aliphatic rings. The molecule has 3 heterocycles. The quantitative estimate of drug-likeness (QED) is 0.107. The summed E-state index contributed by atoms with van der Waals surface area (Å²) in [6, 6.07) is 8.30. The fraction of sp³-hybridized carbons (Fsp3) is 0.323. The van der Waals surface area contributed by atoms with Crippen LogP contribution in [0.25, 0.3) is 10.9 Å². The normalized spacial score (nSPS) is 21.6. The lowest BCUT2D eigenvalue weighted by Crippen LogP contribution is -2.59. The summed E-state index contributed by atoms with van der Waals surface area (Å²) < 4.78 is 40.2. The van der Waals surface area contributed by atoms with Gasteiger partial charge < -0.3 is 40.7 Å². The highest BCUT2D eigenvalue weighted by Gasteiger charge is 2.48. The maximum Gasteiger partial charge on any atom is 0.248 e. The lowest BCUT2D eigenvalue weighted by atomic mass is 9.91. The maximum absolute atomic E-state index is 15.1. The topological polar surface area (TPSA) is 211 Å². The molecule has 14 nitrogen and oxygen atoms in total. The number of aliphatic hydroxyl groups excluding tert-OH is 3. The number of anilines is 3. The monoisotopic (exact) mass is 684 g/mol. The van der Waals surface area contributed by atoms with Crippen LogP contribution in [0.3, 0.4) is 0 Å². The van der Waals surface area contributed by atoms with Gasteiger partial charge in [0.25, 0.3) is 0 Å². The number of H-pyrrole nitrogens is 1. The first-order valence-corrected chi connectivity index (χ1v) is 15.1. The van der Waals surface area contributed by atoms with E-state index < -0.39 is 55.0 Å². The van der Waals surface area contributed by atoms with Crippen LogP contribution in [0.5, 0.6) is 5.75 Å². The molecule has 48 heavy (non-hydrogen) atoms. The van der Waals surface area contributed by atoms with Gasteiger partial charge in [0.15, 0.2) is 6.17 Å². The van der Waals surface area contributed by atoms with Gasteiger partial charge in [-0.3, -0.25) is 9.78 Å². The fourth-order valence-electron chi connectivity index (χ4n) is 5.19. The number of nitriles is 1. The molecule has 0 saturated carbocycles. The van der Waals surface area contributed by atoms with Crippen LogP contribution in [0.15, 0.2) is 54.9 Å². The van der Waals surface area contributed by atoms with Crippen LogP contribution in [0.4, 0.5) is 25.8 Å². The third-order valence-electron chi connectivity index (χ3n) is 7.52. The third-order valence-corrected chi connectivity index (χ3v) is 7.81. The average Bonchev–Trinajstić information content (AvgIpc) is 3.61. The molecule has 1 amide bonds. The Kier molecular flexibility index (Phi) is 11.1. The number of aromatic nitrogens is 4. The number of ether oxygens (including phenoxy) is 2. The number of aromatic amines is 1. The highest BCUT2D eigenvalue weighted by molar-refractivity contribution is 6.31. The van der Waals surface area contributed by atoms with Crippen LogP contribution in [-0.2, 0) is 9.53 Å². The van der Waals surface area contributed by atoms with Crippen molar-refractivity contribution in [3.8, 4) is 11.8 Å². The van der Waals surface area contributed by atoms with Crippen LogP contribution in [0, 0.1) is 17.1 Å². The van der Waals surface area contributed by atoms with E-state index in [0.29, 0.717) is 28.0 Å². The van der Waals surface area contributed by atoms with Crippen LogP contribution < -0.4 is 20.7 Å². The number of halogens is 3. The summed E-state index contributed by atoms with van der Waals surface area (Å²) in [6.07, 6.45) is -2.70. The minimum atomic E-state index is -2.04. The van der Waals surface area contributed by atoms with E-state index >= 15 is 4.39 Å². The summed E-state index contributed by atoms with van der Waals surface area (Å²) in [5.74, 6) is -0.851. The van der Waals surface area contributed by atoms with Gasteiger partial charge in [-0.1, -0.05) is 17.7 Å². The molecular weight excluding hydrogens is 654 g/mol. The van der Waals surface area contributed by atoms with Gasteiger partial charge in [-0.25, -0.2) is 8.78 Å². The van der Waals surface area contributed by atoms with Crippen molar-refractivity contribution in [2.45, 2.75) is 43.6 Å². The summed E-state index contributed by atoms with van der Waals surface area (Å²) in [4.78, 5) is 17.4. The van der Waals surface area contributed by atoms with Crippen molar-refractivity contribution in [2.75, 3.05) is 30.4 Å². The van der Waals surface area contributed by atoms with Gasteiger partial charge in [-0.2, -0.15) is 20.7 Å². The van der Waals surface area contributed by atoms with Gasteiger partial charge >= 0.3 is 0 Å². The Morgan fingerprint density at radius 2 is 2.08 bits per heavy atom. The number of hydrogen-bond donors (Lipinski definition) is 7. The second kappa shape index (κ2) is 15.4. The number of nitrogens with one attached hydrogen (secondary N) is 4. The molecule has 2 aromatic carbocycles. The summed E-state index contributed by atoms with van der Waals surface area (Å²) >= 11 is 5.95. The van der Waals surface area contributed by atoms with Gasteiger partial charge in [0, 0.05) is 36.0 Å². The van der Waals surface area contributed by atoms with E-state index in [2.05, 4.69) is 42.4 Å². The lowest BCUT2D eigenvalue weighted by molar-refractivity contribution is -0.219. The van der Waals surface area contributed by atoms with Crippen molar-refractivity contribution in [1.82, 2.24) is 25.7 Å². The second-order valence-electron chi connectivity index (χ2n) is 10.6. The summed E-state index contributed by atoms with van der Waals surface area (Å²) in [6.45, 7) is 1.39. The van der Waals surface area contributed by atoms with Crippen molar-refractivity contribution in [3.05, 3.63) is 77.0 Å². The molecule has 6 atom stereocenters. The highest BCUT2D eigenvalue weighted by Crippen LogP contribution is 2.37. The van der Waals surface area contributed by atoms with Gasteiger partial charge in [-0.15, -0.1) is 0 Å². The van der Waals surface area contributed by atoms with Crippen LogP contribution in [0.2, 0.25) is 5.02 Å². The predicted octanol–water partition coefficient (Wildman–Crippen LogP) is 2.80. The molecule has 17 heteroatoms. The number of fused-ring (bicyclic) bond motifs is 1. The Hall–Kier alpha value is -4.76. The van der Waals surface area contributed by atoms with E-state index in [0.717, 1.165) is 0 Å². The number of amides is 1. The molecule has 4 aromatic rings. The molecule has 252 valence electrons. The zero-order valence-corrected chi connectivity index (χ0v) is 26.0.